The number of carbonyl (C=O) groups excluding carboxylic acids is 1. The molecule has 0 amide bonds. The average molecular weight is 369 g/mol. The minimum absolute atomic E-state index is 0.278. The van der Waals surface area contributed by atoms with Crippen molar-refractivity contribution in [1.82, 2.24) is 9.80 Å². The second kappa shape index (κ2) is 7.11. The molecule has 0 N–H and O–H groups in total. The lowest BCUT2D eigenvalue weighted by molar-refractivity contribution is 0.00694. The molecule has 0 atom stereocenters. The van der Waals surface area contributed by atoms with Crippen LogP contribution in [0.1, 0.15) is 36.7 Å². The summed E-state index contributed by atoms with van der Waals surface area (Å²) in [5.74, 6) is -0.278. The molecule has 1 heterocycles. The molecule has 1 fully saturated rings. The summed E-state index contributed by atoms with van der Waals surface area (Å²) >= 11 is 3.59. The lowest BCUT2D eigenvalue weighted by Gasteiger charge is -2.32. The standard InChI is InChI=1S/C17H25BrN2O2/c1-17(2,3)22-16(21)13-5-6-14(15(18)11-13)12-20-9-7-19(4)8-10-20/h5-6,11H,7-10,12H2,1-4H3. The third kappa shape index (κ3) is 5.07. The molecule has 0 radical (unpaired) electrons. The molecule has 0 spiro atoms. The highest BCUT2D eigenvalue weighted by atomic mass is 79.9. The highest BCUT2D eigenvalue weighted by Crippen LogP contribution is 2.22. The fourth-order valence-corrected chi connectivity index (χ4v) is 2.89. The summed E-state index contributed by atoms with van der Waals surface area (Å²) in [6.07, 6.45) is 0. The van der Waals surface area contributed by atoms with Gasteiger partial charge in [0.25, 0.3) is 0 Å². The minimum Gasteiger partial charge on any atom is -0.456 e. The van der Waals surface area contributed by atoms with Gasteiger partial charge in [-0.05, 0) is 45.5 Å². The van der Waals surface area contributed by atoms with E-state index in [0.717, 1.165) is 37.2 Å². The average Bonchev–Trinajstić information content (AvgIpc) is 2.41. The van der Waals surface area contributed by atoms with Gasteiger partial charge in [-0.15, -0.1) is 0 Å². The van der Waals surface area contributed by atoms with E-state index in [1.54, 1.807) is 0 Å². The molecule has 4 nitrogen and oxygen atoms in total. The van der Waals surface area contributed by atoms with Crippen molar-refractivity contribution in [1.29, 1.82) is 0 Å². The minimum atomic E-state index is -0.470. The van der Waals surface area contributed by atoms with E-state index in [9.17, 15) is 4.79 Å². The lowest BCUT2D eigenvalue weighted by atomic mass is 10.1. The Kier molecular flexibility index (Phi) is 5.64. The van der Waals surface area contributed by atoms with Crippen LogP contribution in [0.5, 0.6) is 0 Å². The second-order valence-electron chi connectivity index (χ2n) is 6.89. The van der Waals surface area contributed by atoms with Crippen molar-refractivity contribution in [2.45, 2.75) is 32.9 Å². The van der Waals surface area contributed by atoms with Gasteiger partial charge in [-0.25, -0.2) is 4.79 Å². The van der Waals surface area contributed by atoms with Gasteiger partial charge in [0.1, 0.15) is 5.60 Å². The van der Waals surface area contributed by atoms with E-state index < -0.39 is 5.60 Å². The molecule has 0 aliphatic carbocycles. The Bertz CT molecular complexity index is 532. The quantitative estimate of drug-likeness (QED) is 0.767. The number of halogens is 1. The van der Waals surface area contributed by atoms with Gasteiger partial charge in [0.15, 0.2) is 0 Å². The van der Waals surface area contributed by atoms with E-state index in [1.165, 1.54) is 5.56 Å². The van der Waals surface area contributed by atoms with Gasteiger partial charge >= 0.3 is 5.97 Å². The molecule has 122 valence electrons. The number of benzene rings is 1. The van der Waals surface area contributed by atoms with Crippen LogP contribution in [0.2, 0.25) is 0 Å². The van der Waals surface area contributed by atoms with E-state index in [-0.39, 0.29) is 5.97 Å². The fraction of sp³-hybridized carbons (Fsp3) is 0.588. The Morgan fingerprint density at radius 3 is 2.41 bits per heavy atom. The molecule has 0 unspecified atom stereocenters. The maximum Gasteiger partial charge on any atom is 0.338 e. The van der Waals surface area contributed by atoms with Gasteiger partial charge in [-0.3, -0.25) is 4.90 Å². The van der Waals surface area contributed by atoms with Crippen LogP contribution in [0.15, 0.2) is 22.7 Å². The molecule has 0 saturated carbocycles. The highest BCUT2D eigenvalue weighted by molar-refractivity contribution is 9.10. The van der Waals surface area contributed by atoms with Crippen molar-refractivity contribution in [2.24, 2.45) is 0 Å². The maximum atomic E-state index is 12.1. The summed E-state index contributed by atoms with van der Waals surface area (Å²) in [7, 11) is 2.16. The Labute approximate surface area is 141 Å². The van der Waals surface area contributed by atoms with E-state index in [2.05, 4.69) is 32.8 Å². The SMILES string of the molecule is CN1CCN(Cc2ccc(C(=O)OC(C)(C)C)cc2Br)CC1. The number of hydrogen-bond donors (Lipinski definition) is 0. The van der Waals surface area contributed by atoms with Crippen molar-refractivity contribution < 1.29 is 9.53 Å². The van der Waals surface area contributed by atoms with Crippen LogP contribution in [0.4, 0.5) is 0 Å². The van der Waals surface area contributed by atoms with Crippen LogP contribution in [-0.2, 0) is 11.3 Å². The van der Waals surface area contributed by atoms with Crippen LogP contribution in [-0.4, -0.2) is 54.6 Å². The molecule has 1 aromatic rings. The zero-order valence-electron chi connectivity index (χ0n) is 13.9. The zero-order valence-corrected chi connectivity index (χ0v) is 15.4. The first-order valence-corrected chi connectivity index (χ1v) is 8.46. The van der Waals surface area contributed by atoms with Crippen molar-refractivity contribution >= 4 is 21.9 Å². The number of carbonyl (C=O) groups is 1. The highest BCUT2D eigenvalue weighted by Gasteiger charge is 2.19. The predicted octanol–water partition coefficient (Wildman–Crippen LogP) is 3.15. The van der Waals surface area contributed by atoms with E-state index >= 15 is 0 Å². The Hall–Kier alpha value is -0.910. The fourth-order valence-electron chi connectivity index (χ4n) is 2.39. The number of likely N-dealkylation sites (N-methyl/N-ethyl adjacent to an activating group) is 1. The maximum absolute atomic E-state index is 12.1. The molecule has 22 heavy (non-hydrogen) atoms. The van der Waals surface area contributed by atoms with Crippen molar-refractivity contribution in [3.8, 4) is 0 Å². The molecule has 1 aromatic carbocycles. The number of ether oxygens (including phenoxy) is 1. The first-order valence-electron chi connectivity index (χ1n) is 7.67. The van der Waals surface area contributed by atoms with E-state index in [1.807, 2.05) is 39.0 Å². The summed E-state index contributed by atoms with van der Waals surface area (Å²) in [6.45, 7) is 10.9. The van der Waals surface area contributed by atoms with Gasteiger partial charge in [0, 0.05) is 37.2 Å². The summed E-state index contributed by atoms with van der Waals surface area (Å²) in [4.78, 5) is 16.9. The molecular formula is C17H25BrN2O2. The predicted molar refractivity (Wildman–Crippen MR) is 92.1 cm³/mol. The molecule has 1 aliphatic heterocycles. The zero-order chi connectivity index (χ0) is 16.3. The first-order chi connectivity index (χ1) is 10.2. The topological polar surface area (TPSA) is 32.8 Å². The molecule has 2 rings (SSSR count). The van der Waals surface area contributed by atoms with Gasteiger partial charge in [0.2, 0.25) is 0 Å². The normalized spacial score (nSPS) is 17.5. The number of piperazine rings is 1. The first kappa shape index (κ1) is 17.4. The Balaban J connectivity index is 2.02. The second-order valence-corrected chi connectivity index (χ2v) is 7.74. The third-order valence-corrected chi connectivity index (χ3v) is 4.42. The smallest absolute Gasteiger partial charge is 0.338 e. The summed E-state index contributed by atoms with van der Waals surface area (Å²) < 4.78 is 6.37. The van der Waals surface area contributed by atoms with Crippen LogP contribution in [0.25, 0.3) is 0 Å². The summed E-state index contributed by atoms with van der Waals surface area (Å²) in [6, 6.07) is 5.73. The molecule has 5 heteroatoms. The molecule has 1 saturated heterocycles. The summed E-state index contributed by atoms with van der Waals surface area (Å²) in [5, 5.41) is 0. The number of rotatable bonds is 3. The van der Waals surface area contributed by atoms with E-state index in [4.69, 9.17) is 4.74 Å². The van der Waals surface area contributed by atoms with Gasteiger partial charge < -0.3 is 9.64 Å². The Morgan fingerprint density at radius 1 is 1.23 bits per heavy atom. The monoisotopic (exact) mass is 368 g/mol. The molecule has 0 aromatic heterocycles. The number of esters is 1. The van der Waals surface area contributed by atoms with Gasteiger partial charge in [-0.1, -0.05) is 22.0 Å². The molecular weight excluding hydrogens is 344 g/mol. The van der Waals surface area contributed by atoms with Crippen molar-refractivity contribution in [3.63, 3.8) is 0 Å². The van der Waals surface area contributed by atoms with Gasteiger partial charge in [0.05, 0.1) is 5.56 Å². The Morgan fingerprint density at radius 2 is 1.86 bits per heavy atom. The van der Waals surface area contributed by atoms with Crippen molar-refractivity contribution in [2.75, 3.05) is 33.2 Å². The number of nitrogens with zero attached hydrogens (tertiary/aromatic N) is 2. The van der Waals surface area contributed by atoms with Crippen LogP contribution in [0, 0.1) is 0 Å². The van der Waals surface area contributed by atoms with Crippen LogP contribution in [0.3, 0.4) is 0 Å². The summed E-state index contributed by atoms with van der Waals surface area (Å²) in [5.41, 5.74) is 1.32. The van der Waals surface area contributed by atoms with Crippen LogP contribution >= 0.6 is 15.9 Å². The largest absolute Gasteiger partial charge is 0.456 e. The van der Waals surface area contributed by atoms with Gasteiger partial charge in [-0.2, -0.15) is 0 Å². The lowest BCUT2D eigenvalue weighted by Crippen LogP contribution is -2.43. The van der Waals surface area contributed by atoms with Crippen LogP contribution < -0.4 is 0 Å². The van der Waals surface area contributed by atoms with Crippen molar-refractivity contribution in [3.05, 3.63) is 33.8 Å². The molecule has 1 aliphatic rings. The third-order valence-electron chi connectivity index (χ3n) is 3.68. The van der Waals surface area contributed by atoms with E-state index in [0.29, 0.717) is 5.56 Å². The number of hydrogen-bond acceptors (Lipinski definition) is 4. The molecule has 0 bridgehead atoms.